The Morgan fingerprint density at radius 3 is 2.29 bits per heavy atom. The second-order valence-electron chi connectivity index (χ2n) is 6.40. The lowest BCUT2D eigenvalue weighted by molar-refractivity contribution is -0.133. The van der Waals surface area contributed by atoms with Crippen molar-refractivity contribution in [3.8, 4) is 17.2 Å². The van der Waals surface area contributed by atoms with E-state index in [1.165, 1.54) is 12.3 Å². The first kappa shape index (κ1) is 19.6. The topological polar surface area (TPSA) is 81.5 Å². The zero-order chi connectivity index (χ0) is 20.1. The molecule has 0 atom stereocenters. The van der Waals surface area contributed by atoms with Gasteiger partial charge in [0.1, 0.15) is 17.3 Å². The molecule has 1 amide bonds. The number of methoxy groups -OCH3 is 2. The van der Waals surface area contributed by atoms with E-state index < -0.39 is 0 Å². The summed E-state index contributed by atoms with van der Waals surface area (Å²) in [6.45, 7) is 3.91. The number of aryl methyl sites for hydroxylation is 1. The normalized spacial score (nSPS) is 14.0. The van der Waals surface area contributed by atoms with E-state index in [1.54, 1.807) is 26.0 Å². The van der Waals surface area contributed by atoms with Crippen LogP contribution in [0.15, 0.2) is 39.7 Å². The van der Waals surface area contributed by atoms with Gasteiger partial charge < -0.3 is 28.4 Å². The fraction of sp³-hybridized carbons (Fsp3) is 0.400. The van der Waals surface area contributed by atoms with Gasteiger partial charge in [-0.05, 0) is 6.92 Å². The fourth-order valence-electron chi connectivity index (χ4n) is 3.09. The molecule has 2 heterocycles. The Labute approximate surface area is 163 Å². The molecule has 3 rings (SSSR count). The minimum Gasteiger partial charge on any atom is -0.497 e. The highest BCUT2D eigenvalue weighted by atomic mass is 16.5. The van der Waals surface area contributed by atoms with E-state index in [4.69, 9.17) is 18.6 Å². The Hall–Kier alpha value is -3.16. The summed E-state index contributed by atoms with van der Waals surface area (Å²) in [6.07, 6.45) is 1.30. The van der Waals surface area contributed by atoms with Crippen molar-refractivity contribution in [3.63, 3.8) is 0 Å². The molecule has 1 saturated heterocycles. The zero-order valence-corrected chi connectivity index (χ0v) is 16.3. The highest BCUT2D eigenvalue weighted by molar-refractivity contribution is 5.78. The molecule has 1 aliphatic heterocycles. The molecule has 2 aromatic rings. The zero-order valence-electron chi connectivity index (χ0n) is 16.3. The van der Waals surface area contributed by atoms with E-state index in [9.17, 15) is 9.59 Å². The van der Waals surface area contributed by atoms with E-state index >= 15 is 0 Å². The number of benzene rings is 1. The van der Waals surface area contributed by atoms with Crippen LogP contribution in [-0.2, 0) is 4.79 Å². The van der Waals surface area contributed by atoms with Crippen LogP contribution in [-0.4, -0.2) is 57.8 Å². The van der Waals surface area contributed by atoms with Gasteiger partial charge in [0, 0.05) is 56.1 Å². The van der Waals surface area contributed by atoms with Crippen molar-refractivity contribution in [2.75, 3.05) is 51.9 Å². The number of amides is 1. The first-order valence-corrected chi connectivity index (χ1v) is 8.99. The van der Waals surface area contributed by atoms with E-state index in [2.05, 4.69) is 4.90 Å². The third kappa shape index (κ3) is 4.39. The molecular weight excluding hydrogens is 364 g/mol. The van der Waals surface area contributed by atoms with Gasteiger partial charge >= 0.3 is 0 Å². The summed E-state index contributed by atoms with van der Waals surface area (Å²) in [4.78, 5) is 28.1. The molecule has 0 radical (unpaired) electrons. The van der Waals surface area contributed by atoms with E-state index in [0.29, 0.717) is 31.9 Å². The Bertz CT molecular complexity index is 864. The van der Waals surface area contributed by atoms with Crippen LogP contribution in [0.25, 0.3) is 0 Å². The van der Waals surface area contributed by atoms with Gasteiger partial charge in [0.15, 0.2) is 6.61 Å². The first-order valence-electron chi connectivity index (χ1n) is 8.99. The van der Waals surface area contributed by atoms with Crippen LogP contribution in [0.2, 0.25) is 0 Å². The number of anilines is 1. The molecule has 1 aliphatic rings. The standard InChI is InChI=1S/C20H24N2O6/c1-14-20(18(23)4-9-27-14)28-13-19(24)22-7-5-21(6-8-22)15-10-16(25-2)12-17(11-15)26-3/h4,9-12H,5-8,13H2,1-3H3. The highest BCUT2D eigenvalue weighted by Crippen LogP contribution is 2.29. The Morgan fingerprint density at radius 1 is 1.07 bits per heavy atom. The van der Waals surface area contributed by atoms with Gasteiger partial charge in [0.25, 0.3) is 5.91 Å². The minimum atomic E-state index is -0.298. The average Bonchev–Trinajstić information content (AvgIpc) is 2.73. The molecule has 8 nitrogen and oxygen atoms in total. The molecule has 1 fully saturated rings. The van der Waals surface area contributed by atoms with Crippen molar-refractivity contribution in [1.29, 1.82) is 0 Å². The Kier molecular flexibility index (Phi) is 6.08. The van der Waals surface area contributed by atoms with E-state index in [0.717, 1.165) is 17.2 Å². The molecule has 0 spiro atoms. The fourth-order valence-corrected chi connectivity index (χ4v) is 3.09. The number of rotatable bonds is 6. The van der Waals surface area contributed by atoms with Crippen LogP contribution in [0.4, 0.5) is 5.69 Å². The summed E-state index contributed by atoms with van der Waals surface area (Å²) in [7, 11) is 3.23. The maximum absolute atomic E-state index is 12.4. The number of hydrogen-bond acceptors (Lipinski definition) is 7. The minimum absolute atomic E-state index is 0.0814. The summed E-state index contributed by atoms with van der Waals surface area (Å²) in [5.74, 6) is 1.72. The van der Waals surface area contributed by atoms with Gasteiger partial charge in [-0.1, -0.05) is 0 Å². The van der Waals surface area contributed by atoms with Crippen molar-refractivity contribution < 1.29 is 23.4 Å². The van der Waals surface area contributed by atoms with Gasteiger partial charge in [0.2, 0.25) is 11.2 Å². The molecule has 28 heavy (non-hydrogen) atoms. The molecule has 1 aromatic carbocycles. The lowest BCUT2D eigenvalue weighted by atomic mass is 10.2. The highest BCUT2D eigenvalue weighted by Gasteiger charge is 2.23. The SMILES string of the molecule is COc1cc(OC)cc(N2CCN(C(=O)COc3c(C)occc3=O)CC2)c1. The molecule has 0 unspecified atom stereocenters. The predicted molar refractivity (Wildman–Crippen MR) is 104 cm³/mol. The molecule has 8 heteroatoms. The number of nitrogens with zero attached hydrogens (tertiary/aromatic N) is 2. The molecule has 150 valence electrons. The molecule has 0 N–H and O–H groups in total. The second-order valence-corrected chi connectivity index (χ2v) is 6.40. The Balaban J connectivity index is 1.58. The lowest BCUT2D eigenvalue weighted by Crippen LogP contribution is -2.50. The summed E-state index contributed by atoms with van der Waals surface area (Å²) < 4.78 is 21.2. The van der Waals surface area contributed by atoms with Gasteiger partial charge in [-0.2, -0.15) is 0 Å². The van der Waals surface area contributed by atoms with Crippen molar-refractivity contribution in [2.24, 2.45) is 0 Å². The van der Waals surface area contributed by atoms with Gasteiger partial charge in [-0.15, -0.1) is 0 Å². The van der Waals surface area contributed by atoms with Crippen molar-refractivity contribution >= 4 is 11.6 Å². The summed E-state index contributed by atoms with van der Waals surface area (Å²) in [5, 5.41) is 0. The first-order chi connectivity index (χ1) is 13.5. The van der Waals surface area contributed by atoms with E-state index in [-0.39, 0.29) is 23.7 Å². The van der Waals surface area contributed by atoms with Crippen LogP contribution in [0.5, 0.6) is 17.2 Å². The molecule has 0 aliphatic carbocycles. The van der Waals surface area contributed by atoms with Gasteiger partial charge in [0.05, 0.1) is 20.5 Å². The van der Waals surface area contributed by atoms with Crippen LogP contribution < -0.4 is 24.5 Å². The Morgan fingerprint density at radius 2 is 1.71 bits per heavy atom. The number of carbonyl (C=O) groups is 1. The third-order valence-electron chi connectivity index (χ3n) is 4.68. The van der Waals surface area contributed by atoms with Gasteiger partial charge in [-0.25, -0.2) is 0 Å². The number of hydrogen-bond donors (Lipinski definition) is 0. The van der Waals surface area contributed by atoms with Crippen molar-refractivity contribution in [3.05, 3.63) is 46.5 Å². The monoisotopic (exact) mass is 388 g/mol. The molecular formula is C20H24N2O6. The second kappa shape index (κ2) is 8.69. The largest absolute Gasteiger partial charge is 0.497 e. The maximum atomic E-state index is 12.4. The summed E-state index contributed by atoms with van der Waals surface area (Å²) >= 11 is 0. The molecule has 0 saturated carbocycles. The maximum Gasteiger partial charge on any atom is 0.260 e. The number of piperazine rings is 1. The number of carbonyl (C=O) groups excluding carboxylic acids is 1. The summed E-state index contributed by atoms with van der Waals surface area (Å²) in [5.41, 5.74) is 0.686. The van der Waals surface area contributed by atoms with E-state index in [1.807, 2.05) is 18.2 Å². The third-order valence-corrected chi connectivity index (χ3v) is 4.68. The lowest BCUT2D eigenvalue weighted by Gasteiger charge is -2.36. The van der Waals surface area contributed by atoms with Crippen LogP contribution in [0.1, 0.15) is 5.76 Å². The molecule has 1 aromatic heterocycles. The smallest absolute Gasteiger partial charge is 0.260 e. The number of ether oxygens (including phenoxy) is 3. The summed E-state index contributed by atoms with van der Waals surface area (Å²) in [6, 6.07) is 6.98. The quantitative estimate of drug-likeness (QED) is 0.745. The predicted octanol–water partition coefficient (Wildman–Crippen LogP) is 1.69. The van der Waals surface area contributed by atoms with Gasteiger partial charge in [-0.3, -0.25) is 9.59 Å². The average molecular weight is 388 g/mol. The van der Waals surface area contributed by atoms with Crippen molar-refractivity contribution in [1.82, 2.24) is 4.90 Å². The van der Waals surface area contributed by atoms with Crippen LogP contribution in [0, 0.1) is 6.92 Å². The van der Waals surface area contributed by atoms with Crippen LogP contribution in [0.3, 0.4) is 0 Å². The molecule has 0 bridgehead atoms. The van der Waals surface area contributed by atoms with Crippen LogP contribution >= 0.6 is 0 Å². The van der Waals surface area contributed by atoms with Crippen molar-refractivity contribution in [2.45, 2.75) is 6.92 Å².